The molecule has 0 fully saturated rings. The highest BCUT2D eigenvalue weighted by atomic mass is 35.5. The number of benzene rings is 1. The van der Waals surface area contributed by atoms with Gasteiger partial charge in [0.05, 0.1) is 11.0 Å². The molecule has 1 aliphatic carbocycles. The van der Waals surface area contributed by atoms with Crippen LogP contribution in [0.25, 0.3) is 0 Å². The summed E-state index contributed by atoms with van der Waals surface area (Å²) in [6, 6.07) is 7.17. The van der Waals surface area contributed by atoms with Crippen molar-refractivity contribution in [1.82, 2.24) is 0 Å². The molecule has 0 N–H and O–H groups in total. The molecule has 0 saturated carbocycles. The molecule has 0 radical (unpaired) electrons. The molecular formula is C16H11ClO3. The van der Waals surface area contributed by atoms with Crippen molar-refractivity contribution in [2.24, 2.45) is 5.92 Å². The second kappa shape index (κ2) is 4.76. The average molecular weight is 287 g/mol. The van der Waals surface area contributed by atoms with Crippen LogP contribution in [0.15, 0.2) is 59.7 Å². The van der Waals surface area contributed by atoms with E-state index in [2.05, 4.69) is 6.58 Å². The molecule has 100 valence electrons. The van der Waals surface area contributed by atoms with Crippen LogP contribution in [-0.2, 0) is 9.59 Å². The quantitative estimate of drug-likeness (QED) is 0.452. The highest BCUT2D eigenvalue weighted by Gasteiger charge is 2.39. The lowest BCUT2D eigenvalue weighted by Crippen LogP contribution is -2.31. The van der Waals surface area contributed by atoms with E-state index in [9.17, 15) is 9.59 Å². The molecule has 0 bridgehead atoms. The number of allylic oxidation sites excluding steroid dienone is 4. The third-order valence-electron chi connectivity index (χ3n) is 3.55. The Labute approximate surface area is 121 Å². The Bertz CT molecular complexity index is 685. The number of esters is 1. The SMILES string of the molecule is C=C1C(=O)Oc2ccccc2C1C1C=CC=C(Cl)C1=O. The minimum absolute atomic E-state index is 0.168. The predicted molar refractivity (Wildman–Crippen MR) is 75.5 cm³/mol. The van der Waals surface area contributed by atoms with Crippen LogP contribution in [-0.4, -0.2) is 11.8 Å². The van der Waals surface area contributed by atoms with E-state index in [1.54, 1.807) is 30.4 Å². The molecule has 1 heterocycles. The van der Waals surface area contributed by atoms with Gasteiger partial charge in [0.25, 0.3) is 0 Å². The lowest BCUT2D eigenvalue weighted by molar-refractivity contribution is -0.131. The largest absolute Gasteiger partial charge is 0.423 e. The third kappa shape index (κ3) is 1.91. The van der Waals surface area contributed by atoms with Gasteiger partial charge < -0.3 is 4.74 Å². The van der Waals surface area contributed by atoms with E-state index in [-0.39, 0.29) is 16.4 Å². The second-order valence-electron chi connectivity index (χ2n) is 4.72. The summed E-state index contributed by atoms with van der Waals surface area (Å²) >= 11 is 5.91. The molecule has 3 nitrogen and oxygen atoms in total. The smallest absolute Gasteiger partial charge is 0.339 e. The minimum Gasteiger partial charge on any atom is -0.423 e. The summed E-state index contributed by atoms with van der Waals surface area (Å²) in [4.78, 5) is 24.1. The van der Waals surface area contributed by atoms with Gasteiger partial charge in [-0.15, -0.1) is 0 Å². The summed E-state index contributed by atoms with van der Waals surface area (Å²) in [5, 5.41) is 0.168. The highest BCUT2D eigenvalue weighted by Crippen LogP contribution is 2.43. The van der Waals surface area contributed by atoms with Gasteiger partial charge in [0.2, 0.25) is 0 Å². The number of hydrogen-bond acceptors (Lipinski definition) is 3. The van der Waals surface area contributed by atoms with Crippen LogP contribution in [0.5, 0.6) is 5.75 Å². The van der Waals surface area contributed by atoms with Gasteiger partial charge in [-0.25, -0.2) is 4.79 Å². The Kier molecular flexibility index (Phi) is 3.07. The van der Waals surface area contributed by atoms with Gasteiger partial charge in [-0.2, -0.15) is 0 Å². The standard InChI is InChI=1S/C16H11ClO3/c1-9-14(11-6-4-7-12(17)15(11)18)10-5-2-3-8-13(10)20-16(9)19/h2-8,11,14H,1H2. The maximum absolute atomic E-state index is 12.2. The van der Waals surface area contributed by atoms with E-state index in [1.807, 2.05) is 12.1 Å². The number of rotatable bonds is 1. The lowest BCUT2D eigenvalue weighted by Gasteiger charge is -2.31. The molecule has 3 rings (SSSR count). The molecule has 0 saturated heterocycles. The van der Waals surface area contributed by atoms with Gasteiger partial charge in [0, 0.05) is 17.1 Å². The van der Waals surface area contributed by atoms with E-state index in [0.717, 1.165) is 5.56 Å². The van der Waals surface area contributed by atoms with Crippen LogP contribution in [0.3, 0.4) is 0 Å². The molecule has 2 aliphatic rings. The van der Waals surface area contributed by atoms with Crippen LogP contribution in [0.1, 0.15) is 11.5 Å². The molecule has 1 aromatic rings. The number of hydrogen-bond donors (Lipinski definition) is 0. The summed E-state index contributed by atoms with van der Waals surface area (Å²) in [5.41, 5.74) is 1.06. The maximum atomic E-state index is 12.2. The zero-order chi connectivity index (χ0) is 14.3. The molecule has 2 atom stereocenters. The summed E-state index contributed by atoms with van der Waals surface area (Å²) in [7, 11) is 0. The molecule has 0 aromatic heterocycles. The Morgan fingerprint density at radius 2 is 1.95 bits per heavy atom. The number of ether oxygens (including phenoxy) is 1. The van der Waals surface area contributed by atoms with Crippen molar-refractivity contribution in [2.75, 3.05) is 0 Å². The normalized spacial score (nSPS) is 25.1. The first-order valence-electron chi connectivity index (χ1n) is 6.17. The van der Waals surface area contributed by atoms with E-state index in [4.69, 9.17) is 16.3 Å². The Morgan fingerprint density at radius 1 is 1.20 bits per heavy atom. The molecule has 1 aliphatic heterocycles. The Morgan fingerprint density at radius 3 is 2.75 bits per heavy atom. The Balaban J connectivity index is 2.11. The Hall–Kier alpha value is -2.13. The van der Waals surface area contributed by atoms with Crippen molar-refractivity contribution >= 4 is 23.4 Å². The summed E-state index contributed by atoms with van der Waals surface area (Å²) in [5.74, 6) is -1.18. The van der Waals surface area contributed by atoms with Crippen LogP contribution in [0.2, 0.25) is 0 Å². The van der Waals surface area contributed by atoms with Crippen LogP contribution < -0.4 is 4.74 Å². The molecule has 0 amide bonds. The molecule has 2 unspecified atom stereocenters. The van der Waals surface area contributed by atoms with Crippen LogP contribution >= 0.6 is 11.6 Å². The second-order valence-corrected chi connectivity index (χ2v) is 5.13. The average Bonchev–Trinajstić information content (AvgIpc) is 2.44. The molecule has 4 heteroatoms. The van der Waals surface area contributed by atoms with Crippen molar-refractivity contribution in [3.63, 3.8) is 0 Å². The topological polar surface area (TPSA) is 43.4 Å². The number of ketones is 1. The van der Waals surface area contributed by atoms with Crippen molar-refractivity contribution < 1.29 is 14.3 Å². The predicted octanol–water partition coefficient (Wildman–Crippen LogP) is 3.12. The first-order chi connectivity index (χ1) is 9.59. The monoisotopic (exact) mass is 286 g/mol. The van der Waals surface area contributed by atoms with E-state index < -0.39 is 17.8 Å². The van der Waals surface area contributed by atoms with Crippen molar-refractivity contribution in [2.45, 2.75) is 5.92 Å². The van der Waals surface area contributed by atoms with Gasteiger partial charge in [-0.3, -0.25) is 4.79 Å². The minimum atomic E-state index is -0.519. The van der Waals surface area contributed by atoms with Crippen molar-refractivity contribution in [3.05, 3.63) is 65.2 Å². The van der Waals surface area contributed by atoms with E-state index in [1.165, 1.54) is 0 Å². The van der Waals surface area contributed by atoms with Gasteiger partial charge >= 0.3 is 5.97 Å². The maximum Gasteiger partial charge on any atom is 0.339 e. The zero-order valence-corrected chi connectivity index (χ0v) is 11.3. The summed E-state index contributed by atoms with van der Waals surface area (Å²) in [6.45, 7) is 3.79. The summed E-state index contributed by atoms with van der Waals surface area (Å²) in [6.07, 6.45) is 5.03. The lowest BCUT2D eigenvalue weighted by atomic mass is 9.76. The first kappa shape index (κ1) is 12.9. The highest BCUT2D eigenvalue weighted by molar-refractivity contribution is 6.43. The van der Waals surface area contributed by atoms with Gasteiger partial charge in [0.15, 0.2) is 5.78 Å². The fraction of sp³-hybridized carbons (Fsp3) is 0.125. The van der Waals surface area contributed by atoms with Crippen LogP contribution in [0, 0.1) is 5.92 Å². The van der Waals surface area contributed by atoms with E-state index >= 15 is 0 Å². The number of Topliss-reactive ketones (excluding diaryl/α,β-unsaturated/α-hetero) is 1. The fourth-order valence-corrected chi connectivity index (χ4v) is 2.77. The number of para-hydroxylation sites is 1. The summed E-state index contributed by atoms with van der Waals surface area (Å²) < 4.78 is 5.21. The van der Waals surface area contributed by atoms with Gasteiger partial charge in [0.1, 0.15) is 5.75 Å². The third-order valence-corrected chi connectivity index (χ3v) is 3.86. The molecule has 1 aromatic carbocycles. The van der Waals surface area contributed by atoms with Gasteiger partial charge in [-0.05, 0) is 12.1 Å². The first-order valence-corrected chi connectivity index (χ1v) is 6.55. The molecule has 0 spiro atoms. The number of carbonyl (C=O) groups excluding carboxylic acids is 2. The zero-order valence-electron chi connectivity index (χ0n) is 10.5. The van der Waals surface area contributed by atoms with Crippen LogP contribution in [0.4, 0.5) is 0 Å². The van der Waals surface area contributed by atoms with Gasteiger partial charge in [-0.1, -0.05) is 48.5 Å². The molecular weight excluding hydrogens is 276 g/mol. The number of halogens is 1. The van der Waals surface area contributed by atoms with E-state index in [0.29, 0.717) is 5.75 Å². The number of carbonyl (C=O) groups is 2. The fourth-order valence-electron chi connectivity index (χ4n) is 2.57. The number of fused-ring (bicyclic) bond motifs is 1. The van der Waals surface area contributed by atoms with Crippen molar-refractivity contribution in [3.8, 4) is 5.75 Å². The van der Waals surface area contributed by atoms with Crippen molar-refractivity contribution in [1.29, 1.82) is 0 Å². The molecule has 20 heavy (non-hydrogen) atoms.